The zero-order valence-corrected chi connectivity index (χ0v) is 13.8. The third-order valence-electron chi connectivity index (χ3n) is 2.84. The Balaban J connectivity index is 2.13. The van der Waals surface area contributed by atoms with Crippen LogP contribution in [0.2, 0.25) is 10.0 Å². The molecule has 0 amide bonds. The highest BCUT2D eigenvalue weighted by Crippen LogP contribution is 2.33. The Morgan fingerprint density at radius 3 is 2.40 bits per heavy atom. The van der Waals surface area contributed by atoms with Crippen LogP contribution in [-0.4, -0.2) is 32.9 Å². The van der Waals surface area contributed by atoms with Crippen molar-refractivity contribution in [2.75, 3.05) is 32.9 Å². The number of halogens is 2. The lowest BCUT2D eigenvalue weighted by molar-refractivity contribution is -0.656. The van der Waals surface area contributed by atoms with Crippen LogP contribution < -0.4 is 10.1 Å². The molecule has 1 aromatic carbocycles. The molecule has 114 valence electrons. The number of rotatable bonds is 10. The van der Waals surface area contributed by atoms with Gasteiger partial charge in [0.25, 0.3) is 0 Å². The Hall–Kier alpha value is -0.480. The van der Waals surface area contributed by atoms with Crippen LogP contribution in [0.3, 0.4) is 0 Å². The molecule has 2 N–H and O–H groups in total. The minimum absolute atomic E-state index is 0.456. The van der Waals surface area contributed by atoms with Gasteiger partial charge in [0.15, 0.2) is 5.75 Å². The van der Waals surface area contributed by atoms with E-state index in [1.165, 1.54) is 19.4 Å². The quantitative estimate of drug-likeness (QED) is 0.672. The summed E-state index contributed by atoms with van der Waals surface area (Å²) in [7, 11) is 0. The summed E-state index contributed by atoms with van der Waals surface area (Å²) in [5.74, 6) is 0.539. The second-order valence-electron chi connectivity index (χ2n) is 4.74. The van der Waals surface area contributed by atoms with Gasteiger partial charge in [0.1, 0.15) is 6.61 Å². The molecule has 0 aromatic heterocycles. The maximum atomic E-state index is 6.09. The number of hydrogen-bond acceptors (Lipinski definition) is 2. The molecule has 0 unspecified atom stereocenters. The van der Waals surface area contributed by atoms with Crippen molar-refractivity contribution in [3.8, 4) is 5.75 Å². The molecule has 0 fully saturated rings. The fourth-order valence-electron chi connectivity index (χ4n) is 1.79. The summed E-state index contributed by atoms with van der Waals surface area (Å²) >= 11 is 12.2. The van der Waals surface area contributed by atoms with Gasteiger partial charge in [0.2, 0.25) is 0 Å². The third-order valence-corrected chi connectivity index (χ3v) is 3.41. The van der Waals surface area contributed by atoms with Crippen molar-refractivity contribution in [1.29, 1.82) is 0 Å². The Bertz CT molecular complexity index is 376. The van der Waals surface area contributed by atoms with Crippen LogP contribution in [-0.2, 0) is 4.74 Å². The third kappa shape index (κ3) is 6.80. The summed E-state index contributed by atoms with van der Waals surface area (Å²) in [6, 6.07) is 3.68. The SMILES string of the molecule is CCCC[NH2+]CCOCCOc1c(Cl)cc(C)cc1Cl. The summed E-state index contributed by atoms with van der Waals surface area (Å²) in [5.41, 5.74) is 1.02. The molecule has 5 heteroatoms. The van der Waals surface area contributed by atoms with Gasteiger partial charge in [0, 0.05) is 0 Å². The minimum Gasteiger partial charge on any atom is -0.488 e. The van der Waals surface area contributed by atoms with Crippen molar-refractivity contribution in [3.63, 3.8) is 0 Å². The molecule has 0 radical (unpaired) electrons. The average Bonchev–Trinajstić information content (AvgIpc) is 2.39. The van der Waals surface area contributed by atoms with Crippen LogP contribution >= 0.6 is 23.2 Å². The molecule has 0 aliphatic carbocycles. The largest absolute Gasteiger partial charge is 0.488 e. The van der Waals surface area contributed by atoms with Gasteiger partial charge in [0.05, 0.1) is 36.3 Å². The maximum Gasteiger partial charge on any atom is 0.156 e. The summed E-state index contributed by atoms with van der Waals surface area (Å²) in [6.45, 7) is 8.04. The van der Waals surface area contributed by atoms with E-state index in [1.54, 1.807) is 0 Å². The first-order valence-corrected chi connectivity index (χ1v) is 7.88. The smallest absolute Gasteiger partial charge is 0.156 e. The number of benzene rings is 1. The molecule has 1 rings (SSSR count). The highest BCUT2D eigenvalue weighted by atomic mass is 35.5. The predicted octanol–water partition coefficient (Wildman–Crippen LogP) is 3.06. The van der Waals surface area contributed by atoms with Gasteiger partial charge in [-0.3, -0.25) is 0 Å². The van der Waals surface area contributed by atoms with E-state index in [-0.39, 0.29) is 0 Å². The first kappa shape index (κ1) is 17.6. The van der Waals surface area contributed by atoms with Gasteiger partial charge >= 0.3 is 0 Å². The van der Waals surface area contributed by atoms with E-state index in [2.05, 4.69) is 12.2 Å². The van der Waals surface area contributed by atoms with Gasteiger partial charge in [-0.25, -0.2) is 0 Å². The van der Waals surface area contributed by atoms with Crippen molar-refractivity contribution in [2.45, 2.75) is 26.7 Å². The fourth-order valence-corrected chi connectivity index (χ4v) is 2.49. The Morgan fingerprint density at radius 1 is 1.05 bits per heavy atom. The molecule has 1 aromatic rings. The van der Waals surface area contributed by atoms with E-state index in [4.69, 9.17) is 32.7 Å². The van der Waals surface area contributed by atoms with Crippen molar-refractivity contribution in [3.05, 3.63) is 27.7 Å². The summed E-state index contributed by atoms with van der Waals surface area (Å²) in [5, 5.41) is 3.36. The zero-order valence-electron chi connectivity index (χ0n) is 12.3. The Morgan fingerprint density at radius 2 is 1.75 bits per heavy atom. The number of nitrogens with two attached hydrogens (primary N) is 1. The zero-order chi connectivity index (χ0) is 14.8. The Kier molecular flexibility index (Phi) is 9.03. The molecule has 0 aliphatic heterocycles. The molecule has 0 atom stereocenters. The first-order valence-electron chi connectivity index (χ1n) is 7.13. The number of aryl methyl sites for hydroxylation is 1. The van der Waals surface area contributed by atoms with Crippen molar-refractivity contribution >= 4 is 23.2 Å². The normalized spacial score (nSPS) is 10.8. The lowest BCUT2D eigenvalue weighted by Gasteiger charge is -2.11. The highest BCUT2D eigenvalue weighted by Gasteiger charge is 2.08. The molecule has 0 aliphatic rings. The van der Waals surface area contributed by atoms with Crippen LogP contribution in [0.25, 0.3) is 0 Å². The van der Waals surface area contributed by atoms with E-state index in [9.17, 15) is 0 Å². The lowest BCUT2D eigenvalue weighted by atomic mass is 10.2. The van der Waals surface area contributed by atoms with E-state index < -0.39 is 0 Å². The van der Waals surface area contributed by atoms with E-state index in [0.29, 0.717) is 29.0 Å². The molecule has 20 heavy (non-hydrogen) atoms. The maximum absolute atomic E-state index is 6.09. The number of hydrogen-bond donors (Lipinski definition) is 1. The topological polar surface area (TPSA) is 35.1 Å². The summed E-state index contributed by atoms with van der Waals surface area (Å²) in [6.07, 6.45) is 2.50. The monoisotopic (exact) mass is 320 g/mol. The van der Waals surface area contributed by atoms with Gasteiger partial charge in [-0.1, -0.05) is 36.5 Å². The van der Waals surface area contributed by atoms with E-state index in [1.807, 2.05) is 19.1 Å². The molecule has 0 bridgehead atoms. The predicted molar refractivity (Wildman–Crippen MR) is 84.1 cm³/mol. The minimum atomic E-state index is 0.456. The van der Waals surface area contributed by atoms with Crippen LogP contribution in [0, 0.1) is 6.92 Å². The summed E-state index contributed by atoms with van der Waals surface area (Å²) in [4.78, 5) is 0. The summed E-state index contributed by atoms with van der Waals surface area (Å²) < 4.78 is 11.1. The molecular weight excluding hydrogens is 297 g/mol. The van der Waals surface area contributed by atoms with Crippen molar-refractivity contribution in [1.82, 2.24) is 0 Å². The van der Waals surface area contributed by atoms with Crippen molar-refractivity contribution in [2.24, 2.45) is 0 Å². The van der Waals surface area contributed by atoms with Gasteiger partial charge in [-0.05, 0) is 31.0 Å². The van der Waals surface area contributed by atoms with Gasteiger partial charge in [-0.2, -0.15) is 0 Å². The van der Waals surface area contributed by atoms with Crippen LogP contribution in [0.5, 0.6) is 5.75 Å². The average molecular weight is 321 g/mol. The number of ether oxygens (including phenoxy) is 2. The highest BCUT2D eigenvalue weighted by molar-refractivity contribution is 6.37. The number of unbranched alkanes of at least 4 members (excludes halogenated alkanes) is 1. The first-order chi connectivity index (χ1) is 9.65. The molecule has 3 nitrogen and oxygen atoms in total. The lowest BCUT2D eigenvalue weighted by Crippen LogP contribution is -2.85. The molecular formula is C15H24Cl2NO2+. The Labute approximate surface area is 131 Å². The molecule has 0 saturated heterocycles. The fraction of sp³-hybridized carbons (Fsp3) is 0.600. The van der Waals surface area contributed by atoms with Gasteiger partial charge < -0.3 is 14.8 Å². The molecule has 0 heterocycles. The van der Waals surface area contributed by atoms with Crippen LogP contribution in [0.15, 0.2) is 12.1 Å². The molecule has 0 saturated carbocycles. The van der Waals surface area contributed by atoms with Crippen molar-refractivity contribution < 1.29 is 14.8 Å². The van der Waals surface area contributed by atoms with E-state index >= 15 is 0 Å². The number of quaternary nitrogens is 1. The van der Waals surface area contributed by atoms with Crippen LogP contribution in [0.1, 0.15) is 25.3 Å². The van der Waals surface area contributed by atoms with Crippen LogP contribution in [0.4, 0.5) is 0 Å². The van der Waals surface area contributed by atoms with Gasteiger partial charge in [-0.15, -0.1) is 0 Å². The second-order valence-corrected chi connectivity index (χ2v) is 5.55. The van der Waals surface area contributed by atoms with E-state index in [0.717, 1.165) is 18.7 Å². The second kappa shape index (κ2) is 10.3. The molecule has 0 spiro atoms. The standard InChI is InChI=1S/C15H23Cl2NO2/c1-3-4-5-18-6-7-19-8-9-20-15-13(16)10-12(2)11-14(15)17/h10-11,18H,3-9H2,1-2H3/p+1.